The molecule has 1 saturated carbocycles. The van der Waals surface area contributed by atoms with Crippen molar-refractivity contribution >= 4 is 22.7 Å². The van der Waals surface area contributed by atoms with Crippen molar-refractivity contribution in [3.63, 3.8) is 0 Å². The first-order chi connectivity index (χ1) is 15.6. The molecule has 2 aliphatic heterocycles. The maximum atomic E-state index is 13.2. The van der Waals surface area contributed by atoms with Crippen LogP contribution in [0.5, 0.6) is 0 Å². The molecule has 3 aliphatic rings. The van der Waals surface area contributed by atoms with Gasteiger partial charge in [-0.15, -0.1) is 0 Å². The molecule has 32 heavy (non-hydrogen) atoms. The lowest BCUT2D eigenvalue weighted by molar-refractivity contribution is -0.135. The van der Waals surface area contributed by atoms with Gasteiger partial charge in [0.1, 0.15) is 5.69 Å². The number of fused-ring (bicyclic) bond motifs is 1. The predicted molar refractivity (Wildman–Crippen MR) is 126 cm³/mol. The van der Waals surface area contributed by atoms with Gasteiger partial charge in [-0.3, -0.25) is 19.4 Å². The number of aromatic nitrogens is 1. The van der Waals surface area contributed by atoms with Crippen LogP contribution in [0.15, 0.2) is 30.3 Å². The van der Waals surface area contributed by atoms with Gasteiger partial charge in [0.2, 0.25) is 5.91 Å². The maximum absolute atomic E-state index is 13.2. The summed E-state index contributed by atoms with van der Waals surface area (Å²) in [6.07, 6.45) is 4.02. The monoisotopic (exact) mass is 437 g/mol. The summed E-state index contributed by atoms with van der Waals surface area (Å²) in [4.78, 5) is 34.8. The van der Waals surface area contributed by atoms with Gasteiger partial charge in [-0.1, -0.05) is 24.6 Å². The summed E-state index contributed by atoms with van der Waals surface area (Å²) in [5, 5.41) is 1.11. The molecule has 0 atom stereocenters. The number of aryl methyl sites for hydroxylation is 1. The van der Waals surface area contributed by atoms with E-state index in [4.69, 9.17) is 0 Å². The van der Waals surface area contributed by atoms with Crippen molar-refractivity contribution < 1.29 is 9.59 Å². The quantitative estimate of drug-likeness (QED) is 0.719. The van der Waals surface area contributed by atoms with Gasteiger partial charge in [-0.2, -0.15) is 0 Å². The molecular formula is C25H35N5O2. The fourth-order valence-electron chi connectivity index (χ4n) is 5.38. The van der Waals surface area contributed by atoms with Gasteiger partial charge >= 0.3 is 0 Å². The number of benzene rings is 1. The van der Waals surface area contributed by atoms with Crippen LogP contribution in [-0.4, -0.2) is 101 Å². The number of amides is 2. The Kier molecular flexibility index (Phi) is 6.20. The van der Waals surface area contributed by atoms with E-state index in [0.717, 1.165) is 68.5 Å². The van der Waals surface area contributed by atoms with E-state index in [0.29, 0.717) is 19.6 Å². The standard InChI is InChI=1S/C25H35N5O2/c1-2-30-22-9-4-3-6-20(22)18-23(30)25(32)29-12-10-26(11-13-29)19-24(31)28-16-14-27(15-17-28)21-7-5-8-21/h3-4,6,9,18,21H,2,5,7-8,10-17,19H2,1H3. The molecule has 3 heterocycles. The van der Waals surface area contributed by atoms with Crippen LogP contribution in [0.1, 0.15) is 36.7 Å². The van der Waals surface area contributed by atoms with Gasteiger partial charge in [-0.25, -0.2) is 0 Å². The summed E-state index contributed by atoms with van der Waals surface area (Å²) in [6.45, 7) is 9.94. The number of rotatable bonds is 5. The van der Waals surface area contributed by atoms with Gasteiger partial charge < -0.3 is 14.4 Å². The normalized spacial score (nSPS) is 21.2. The molecule has 0 bridgehead atoms. The first-order valence-electron chi connectivity index (χ1n) is 12.3. The largest absolute Gasteiger partial charge is 0.339 e. The number of carbonyl (C=O) groups excluding carboxylic acids is 2. The van der Waals surface area contributed by atoms with E-state index in [9.17, 15) is 9.59 Å². The SMILES string of the molecule is CCn1c(C(=O)N2CCN(CC(=O)N3CCN(C4CCC4)CC3)CC2)cc2ccccc21. The van der Waals surface area contributed by atoms with Gasteiger partial charge in [-0.05, 0) is 31.9 Å². The zero-order valence-corrected chi connectivity index (χ0v) is 19.2. The van der Waals surface area contributed by atoms with Crippen LogP contribution in [-0.2, 0) is 11.3 Å². The van der Waals surface area contributed by atoms with Crippen molar-refractivity contribution in [1.29, 1.82) is 0 Å². The van der Waals surface area contributed by atoms with E-state index in [2.05, 4.69) is 33.4 Å². The summed E-state index contributed by atoms with van der Waals surface area (Å²) >= 11 is 0. The van der Waals surface area contributed by atoms with E-state index in [1.165, 1.54) is 19.3 Å². The highest BCUT2D eigenvalue weighted by Gasteiger charge is 2.31. The summed E-state index contributed by atoms with van der Waals surface area (Å²) < 4.78 is 2.11. The van der Waals surface area contributed by atoms with E-state index in [1.54, 1.807) is 0 Å². The number of para-hydroxylation sites is 1. The Morgan fingerprint density at radius 1 is 0.906 bits per heavy atom. The minimum Gasteiger partial charge on any atom is -0.339 e. The van der Waals surface area contributed by atoms with E-state index in [-0.39, 0.29) is 11.8 Å². The topological polar surface area (TPSA) is 52.0 Å². The second-order valence-electron chi connectivity index (χ2n) is 9.40. The highest BCUT2D eigenvalue weighted by Crippen LogP contribution is 2.25. The molecule has 0 spiro atoms. The lowest BCUT2D eigenvalue weighted by Gasteiger charge is -2.43. The molecule has 0 unspecified atom stereocenters. The van der Waals surface area contributed by atoms with Crippen molar-refractivity contribution in [3.8, 4) is 0 Å². The molecule has 2 aromatic rings. The van der Waals surface area contributed by atoms with E-state index >= 15 is 0 Å². The van der Waals surface area contributed by atoms with E-state index in [1.807, 2.05) is 28.0 Å². The molecule has 7 nitrogen and oxygen atoms in total. The minimum atomic E-state index is 0.0983. The molecule has 5 rings (SSSR count). The maximum Gasteiger partial charge on any atom is 0.270 e. The molecule has 1 aromatic carbocycles. The smallest absolute Gasteiger partial charge is 0.270 e. The van der Waals surface area contributed by atoms with Crippen LogP contribution < -0.4 is 0 Å². The minimum absolute atomic E-state index is 0.0983. The molecule has 2 amide bonds. The number of hydrogen-bond acceptors (Lipinski definition) is 4. The Morgan fingerprint density at radius 2 is 1.59 bits per heavy atom. The van der Waals surface area contributed by atoms with E-state index < -0.39 is 0 Å². The first-order valence-corrected chi connectivity index (χ1v) is 12.3. The van der Waals surface area contributed by atoms with Crippen molar-refractivity contribution in [3.05, 3.63) is 36.0 Å². The second-order valence-corrected chi connectivity index (χ2v) is 9.40. The molecule has 3 fully saturated rings. The lowest BCUT2D eigenvalue weighted by atomic mass is 9.91. The summed E-state index contributed by atoms with van der Waals surface area (Å²) in [7, 11) is 0. The van der Waals surface area contributed by atoms with Crippen LogP contribution in [0.2, 0.25) is 0 Å². The van der Waals surface area contributed by atoms with Gasteiger partial charge in [0.05, 0.1) is 6.54 Å². The summed E-state index contributed by atoms with van der Waals surface area (Å²) in [5.74, 6) is 0.338. The Bertz CT molecular complexity index is 966. The van der Waals surface area contributed by atoms with Gasteiger partial charge in [0.15, 0.2) is 0 Å². The zero-order valence-electron chi connectivity index (χ0n) is 19.2. The average Bonchev–Trinajstić information content (AvgIpc) is 3.17. The van der Waals surface area contributed by atoms with Crippen molar-refractivity contribution in [1.82, 2.24) is 24.2 Å². The molecule has 0 radical (unpaired) electrons. The molecule has 172 valence electrons. The Labute approximate surface area is 190 Å². The van der Waals surface area contributed by atoms with Crippen LogP contribution in [0.4, 0.5) is 0 Å². The molecule has 7 heteroatoms. The fourth-order valence-corrected chi connectivity index (χ4v) is 5.38. The molecule has 1 aromatic heterocycles. The molecular weight excluding hydrogens is 402 g/mol. The molecule has 0 N–H and O–H groups in total. The highest BCUT2D eigenvalue weighted by atomic mass is 16.2. The zero-order chi connectivity index (χ0) is 22.1. The Morgan fingerprint density at radius 3 is 2.25 bits per heavy atom. The van der Waals surface area contributed by atoms with Crippen LogP contribution >= 0.6 is 0 Å². The van der Waals surface area contributed by atoms with Crippen LogP contribution in [0.3, 0.4) is 0 Å². The third kappa shape index (κ3) is 4.16. The average molecular weight is 438 g/mol. The van der Waals surface area contributed by atoms with Crippen molar-refractivity contribution in [2.24, 2.45) is 0 Å². The van der Waals surface area contributed by atoms with Gasteiger partial charge in [0, 0.05) is 75.8 Å². The predicted octanol–water partition coefficient (Wildman–Crippen LogP) is 2.12. The van der Waals surface area contributed by atoms with Crippen LogP contribution in [0.25, 0.3) is 10.9 Å². The Balaban J connectivity index is 1.13. The second kappa shape index (κ2) is 9.24. The number of carbonyl (C=O) groups is 2. The highest BCUT2D eigenvalue weighted by molar-refractivity contribution is 5.98. The van der Waals surface area contributed by atoms with Crippen LogP contribution in [0, 0.1) is 0 Å². The fraction of sp³-hybridized carbons (Fsp3) is 0.600. The van der Waals surface area contributed by atoms with Crippen molar-refractivity contribution in [2.45, 2.75) is 38.8 Å². The first kappa shape index (κ1) is 21.5. The number of piperazine rings is 2. The summed E-state index contributed by atoms with van der Waals surface area (Å²) in [5.41, 5.74) is 1.88. The van der Waals surface area contributed by atoms with Crippen molar-refractivity contribution in [2.75, 3.05) is 58.9 Å². The summed E-state index contributed by atoms with van der Waals surface area (Å²) in [6, 6.07) is 11.0. The van der Waals surface area contributed by atoms with Gasteiger partial charge in [0.25, 0.3) is 5.91 Å². The Hall–Kier alpha value is -2.38. The molecule has 2 saturated heterocycles. The number of nitrogens with zero attached hydrogens (tertiary/aromatic N) is 5. The third-order valence-electron chi connectivity index (χ3n) is 7.62. The lowest BCUT2D eigenvalue weighted by Crippen LogP contribution is -2.56. The third-order valence-corrected chi connectivity index (χ3v) is 7.62. The number of hydrogen-bond donors (Lipinski definition) is 0. The molecule has 1 aliphatic carbocycles.